The average Bonchev–Trinajstić information content (AvgIpc) is 3.11. The molecule has 26 heavy (non-hydrogen) atoms. The van der Waals surface area contributed by atoms with Crippen molar-refractivity contribution in [3.05, 3.63) is 39.7 Å². The molecule has 0 fully saturated rings. The number of nitrogens with zero attached hydrogens (tertiary/aromatic N) is 1. The molecule has 1 aromatic heterocycles. The number of hydrogen-bond acceptors (Lipinski definition) is 7. The van der Waals surface area contributed by atoms with Crippen molar-refractivity contribution in [2.24, 2.45) is 0 Å². The Kier molecular flexibility index (Phi) is 6.69. The van der Waals surface area contributed by atoms with Crippen LogP contribution in [-0.4, -0.2) is 30.7 Å². The molecule has 0 saturated heterocycles. The molecule has 3 rings (SSSR count). The van der Waals surface area contributed by atoms with Crippen LogP contribution >= 0.6 is 23.1 Å². The largest absolute Gasteiger partial charge is 1.00 e. The molecule has 6 nitrogen and oxygen atoms in total. The lowest BCUT2D eigenvalue weighted by molar-refractivity contribution is -0.607. The molecule has 1 N–H and O–H groups in total. The molecule has 138 valence electrons. The van der Waals surface area contributed by atoms with E-state index < -0.39 is 0 Å². The second-order valence-corrected chi connectivity index (χ2v) is 7.27. The van der Waals surface area contributed by atoms with Crippen molar-refractivity contribution in [2.75, 3.05) is 13.7 Å². The van der Waals surface area contributed by atoms with Crippen molar-refractivity contribution in [1.82, 2.24) is 0 Å². The van der Waals surface area contributed by atoms with E-state index in [1.54, 1.807) is 36.6 Å². The van der Waals surface area contributed by atoms with Gasteiger partial charge in [-0.1, -0.05) is 23.5 Å². The van der Waals surface area contributed by atoms with Crippen LogP contribution in [-0.2, 0) is 16.0 Å². The first-order valence-corrected chi connectivity index (χ1v) is 9.23. The van der Waals surface area contributed by atoms with Crippen molar-refractivity contribution < 1.29 is 41.1 Å². The lowest BCUT2D eigenvalue weighted by Gasteiger charge is -2.05. The first kappa shape index (κ1) is 20.3. The number of halogens is 1. The number of fused-ring (bicyclic) bond motifs is 1. The van der Waals surface area contributed by atoms with Crippen LogP contribution in [0, 0.1) is 0 Å². The van der Waals surface area contributed by atoms with Gasteiger partial charge in [0.2, 0.25) is 5.69 Å². The normalized spacial score (nSPS) is 14.1. The Bertz CT molecular complexity index is 878. The number of phenols is 1. The van der Waals surface area contributed by atoms with Crippen molar-refractivity contribution in [1.29, 1.82) is 0 Å². The van der Waals surface area contributed by atoms with Crippen LogP contribution in [0.5, 0.6) is 11.5 Å². The molecule has 0 bridgehead atoms. The van der Waals surface area contributed by atoms with E-state index in [1.807, 2.05) is 0 Å². The number of benzene rings is 1. The van der Waals surface area contributed by atoms with Crippen molar-refractivity contribution in [3.63, 3.8) is 0 Å². The molecule has 0 atom stereocenters. The lowest BCUT2D eigenvalue weighted by atomic mass is 10.1. The molecule has 0 spiro atoms. The number of thiazole rings is 1. The van der Waals surface area contributed by atoms with E-state index in [9.17, 15) is 14.7 Å². The zero-order chi connectivity index (χ0) is 18.0. The fraction of sp³-hybridized carbons (Fsp3) is 0.235. The number of carbonyl (C=O) groups is 2. The molecule has 9 heteroatoms. The number of aromatic hydroxyl groups is 1. The van der Waals surface area contributed by atoms with Crippen molar-refractivity contribution in [3.8, 4) is 11.5 Å². The van der Waals surface area contributed by atoms with E-state index >= 15 is 0 Å². The topological polar surface area (TPSA) is 76.7 Å². The van der Waals surface area contributed by atoms with Gasteiger partial charge in [-0.25, -0.2) is 4.79 Å². The van der Waals surface area contributed by atoms with E-state index in [0.717, 1.165) is 4.34 Å². The molecule has 0 aliphatic carbocycles. The second kappa shape index (κ2) is 8.57. The average molecular weight is 414 g/mol. The Labute approximate surface area is 164 Å². The van der Waals surface area contributed by atoms with E-state index in [1.165, 1.54) is 34.8 Å². The molecule has 0 amide bonds. The fourth-order valence-corrected chi connectivity index (χ4v) is 4.59. The number of para-hydroxylation sites is 1. The van der Waals surface area contributed by atoms with Crippen LogP contribution in [0.15, 0.2) is 32.8 Å². The molecule has 1 aliphatic rings. The molecule has 1 aromatic carbocycles. The molecule has 0 radical (unpaired) electrons. The lowest BCUT2D eigenvalue weighted by Crippen LogP contribution is -3.00. The predicted molar refractivity (Wildman–Crippen MR) is 94.0 cm³/mol. The highest BCUT2D eigenvalue weighted by molar-refractivity contribution is 8.05. The number of aromatic nitrogens is 1. The number of esters is 1. The summed E-state index contributed by atoms with van der Waals surface area (Å²) in [6, 6.07) is 5.09. The zero-order valence-electron chi connectivity index (χ0n) is 14.0. The zero-order valence-corrected chi connectivity index (χ0v) is 16.4. The van der Waals surface area contributed by atoms with Gasteiger partial charge in [-0.05, 0) is 19.1 Å². The van der Waals surface area contributed by atoms with Gasteiger partial charge < -0.3 is 27.0 Å². The minimum atomic E-state index is -0.365. The molecule has 2 heterocycles. The summed E-state index contributed by atoms with van der Waals surface area (Å²) in [6.45, 7) is 2.05. The Morgan fingerprint density at radius 3 is 2.85 bits per heavy atom. The Balaban J connectivity index is 0.00000243. The van der Waals surface area contributed by atoms with E-state index in [0.29, 0.717) is 28.5 Å². The minimum Gasteiger partial charge on any atom is -1.00 e. The summed E-state index contributed by atoms with van der Waals surface area (Å²) >= 11 is 2.71. The van der Waals surface area contributed by atoms with Crippen molar-refractivity contribution in [2.45, 2.75) is 17.7 Å². The van der Waals surface area contributed by atoms with E-state index in [-0.39, 0.29) is 36.5 Å². The predicted octanol–water partition coefficient (Wildman–Crippen LogP) is -0.354. The van der Waals surface area contributed by atoms with Crippen LogP contribution in [0.3, 0.4) is 0 Å². The highest BCUT2D eigenvalue weighted by Crippen LogP contribution is 2.38. The third-order valence-corrected chi connectivity index (χ3v) is 5.73. The molecule has 1 aliphatic heterocycles. The summed E-state index contributed by atoms with van der Waals surface area (Å²) in [7, 11) is 1.47. The number of methoxy groups -OCH3 is 1. The number of hydrogen-bond donors (Lipinski definition) is 1. The summed E-state index contributed by atoms with van der Waals surface area (Å²) in [5.74, 6) is -0.257. The Morgan fingerprint density at radius 2 is 2.15 bits per heavy atom. The highest BCUT2D eigenvalue weighted by atomic mass is 35.5. The maximum atomic E-state index is 12.7. The monoisotopic (exact) mass is 413 g/mol. The molecule has 0 unspecified atom stereocenters. The van der Waals surface area contributed by atoms with E-state index in [4.69, 9.17) is 9.47 Å². The minimum absolute atomic E-state index is 0. The number of thioether (sulfide) groups is 1. The quantitative estimate of drug-likeness (QED) is 0.410. The number of carbonyl (C=O) groups excluding carboxylic acids is 2. The maximum absolute atomic E-state index is 12.7. The first-order chi connectivity index (χ1) is 12.0. The van der Waals surface area contributed by atoms with Gasteiger partial charge in [0.1, 0.15) is 11.3 Å². The summed E-state index contributed by atoms with van der Waals surface area (Å²) in [5.41, 5.74) is 1.10. The van der Waals surface area contributed by atoms with Gasteiger partial charge >= 0.3 is 16.2 Å². The van der Waals surface area contributed by atoms with Gasteiger partial charge in [-0.3, -0.25) is 4.79 Å². The second-order valence-electron chi connectivity index (χ2n) is 5.12. The smallest absolute Gasteiger partial charge is 0.433 e. The first-order valence-electron chi connectivity index (χ1n) is 7.53. The highest BCUT2D eigenvalue weighted by Gasteiger charge is 2.41. The fourth-order valence-electron chi connectivity index (χ4n) is 2.41. The third kappa shape index (κ3) is 3.87. The van der Waals surface area contributed by atoms with Gasteiger partial charge in [0.15, 0.2) is 11.5 Å². The summed E-state index contributed by atoms with van der Waals surface area (Å²) in [4.78, 5) is 24.9. The van der Waals surface area contributed by atoms with Crippen LogP contribution in [0.4, 0.5) is 0 Å². The van der Waals surface area contributed by atoms with Crippen LogP contribution < -0.4 is 21.7 Å². The van der Waals surface area contributed by atoms with Gasteiger partial charge in [0, 0.05) is 17.3 Å². The SMILES string of the molecule is CCOC(=O)Cc1csc2[n+]1C(=O)/C(=C\c1cccc(OC)c1O)S2.[Cl-]. The Morgan fingerprint density at radius 1 is 1.38 bits per heavy atom. The maximum Gasteiger partial charge on any atom is 0.433 e. The molecule has 2 aromatic rings. The van der Waals surface area contributed by atoms with E-state index in [2.05, 4.69) is 0 Å². The molecular formula is C17H16ClNO5S2. The van der Waals surface area contributed by atoms with Crippen LogP contribution in [0.1, 0.15) is 23.0 Å². The molecular weight excluding hydrogens is 398 g/mol. The molecule has 0 saturated carbocycles. The van der Waals surface area contributed by atoms with Crippen LogP contribution in [0.2, 0.25) is 0 Å². The summed E-state index contributed by atoms with van der Waals surface area (Å²) < 4.78 is 12.3. The van der Waals surface area contributed by atoms with Gasteiger partial charge in [0.25, 0.3) is 0 Å². The third-order valence-electron chi connectivity index (χ3n) is 3.54. The van der Waals surface area contributed by atoms with Crippen molar-refractivity contribution >= 4 is 41.1 Å². The summed E-state index contributed by atoms with van der Waals surface area (Å²) in [5, 5.41) is 12.0. The Hall–Kier alpha value is -2.03. The number of rotatable bonds is 5. The van der Waals surface area contributed by atoms with Gasteiger partial charge in [-0.15, -0.1) is 4.57 Å². The number of ether oxygens (including phenoxy) is 2. The van der Waals surface area contributed by atoms with Crippen LogP contribution in [0.25, 0.3) is 6.08 Å². The van der Waals surface area contributed by atoms with Gasteiger partial charge in [0.05, 0.1) is 19.1 Å². The van der Waals surface area contributed by atoms with Gasteiger partial charge in [-0.2, -0.15) is 0 Å². The number of phenolic OH excluding ortho intramolecular Hbond substituents is 1. The number of allylic oxidation sites excluding steroid dienone is 1. The standard InChI is InChI=1S/C17H15NO5S2.ClH/c1-3-23-14(19)8-11-9-24-17-18(11)16(21)13(25-17)7-10-5-4-6-12(22-2)15(10)20;/h4-7,9H,3,8H2,1-2H3;1H. The summed E-state index contributed by atoms with van der Waals surface area (Å²) in [6.07, 6.45) is 1.67.